The van der Waals surface area contributed by atoms with Crippen molar-refractivity contribution in [3.05, 3.63) is 23.8 Å². The molecular formula is C13H21N3. The fourth-order valence-corrected chi connectivity index (χ4v) is 2.50. The van der Waals surface area contributed by atoms with Gasteiger partial charge in [0.15, 0.2) is 0 Å². The molecule has 1 atom stereocenters. The molecule has 1 N–H and O–H groups in total. The first-order chi connectivity index (χ1) is 7.77. The lowest BCUT2D eigenvalue weighted by Crippen LogP contribution is -2.25. The van der Waals surface area contributed by atoms with E-state index in [0.717, 1.165) is 23.9 Å². The smallest absolute Gasteiger partial charge is 0.0782 e. The highest BCUT2D eigenvalue weighted by Gasteiger charge is 2.17. The summed E-state index contributed by atoms with van der Waals surface area (Å²) in [6, 6.07) is 0.314. The lowest BCUT2D eigenvalue weighted by molar-refractivity contribution is 0.446. The van der Waals surface area contributed by atoms with E-state index in [2.05, 4.69) is 22.2 Å². The zero-order valence-corrected chi connectivity index (χ0v) is 10.2. The minimum atomic E-state index is 0.314. The third kappa shape index (κ3) is 2.79. The molecule has 1 fully saturated rings. The van der Waals surface area contributed by atoms with Crippen LogP contribution >= 0.6 is 0 Å². The topological polar surface area (TPSA) is 37.8 Å². The molecular weight excluding hydrogens is 198 g/mol. The predicted molar refractivity (Wildman–Crippen MR) is 65.1 cm³/mol. The van der Waals surface area contributed by atoms with Crippen LogP contribution in [0.15, 0.2) is 12.4 Å². The predicted octanol–water partition coefficient (Wildman–Crippen LogP) is 2.63. The van der Waals surface area contributed by atoms with Gasteiger partial charge in [-0.05, 0) is 39.2 Å². The van der Waals surface area contributed by atoms with Crippen LogP contribution in [0.3, 0.4) is 0 Å². The number of hydrogen-bond acceptors (Lipinski definition) is 3. The second-order valence-corrected chi connectivity index (χ2v) is 4.81. The lowest BCUT2D eigenvalue weighted by atomic mass is 10.1. The van der Waals surface area contributed by atoms with Gasteiger partial charge in [0.05, 0.1) is 11.4 Å². The summed E-state index contributed by atoms with van der Waals surface area (Å²) >= 11 is 0. The van der Waals surface area contributed by atoms with Crippen molar-refractivity contribution in [2.24, 2.45) is 5.92 Å². The zero-order chi connectivity index (χ0) is 11.4. The summed E-state index contributed by atoms with van der Waals surface area (Å²) < 4.78 is 0. The number of aryl methyl sites for hydroxylation is 1. The van der Waals surface area contributed by atoms with E-state index in [4.69, 9.17) is 0 Å². The van der Waals surface area contributed by atoms with Crippen molar-refractivity contribution in [3.8, 4) is 0 Å². The third-order valence-electron chi connectivity index (χ3n) is 3.52. The van der Waals surface area contributed by atoms with Gasteiger partial charge in [0, 0.05) is 18.4 Å². The first kappa shape index (κ1) is 11.5. The molecule has 1 saturated carbocycles. The third-order valence-corrected chi connectivity index (χ3v) is 3.52. The van der Waals surface area contributed by atoms with E-state index >= 15 is 0 Å². The summed E-state index contributed by atoms with van der Waals surface area (Å²) in [6.07, 6.45) is 9.12. The van der Waals surface area contributed by atoms with Gasteiger partial charge >= 0.3 is 0 Å². The zero-order valence-electron chi connectivity index (χ0n) is 10.2. The molecule has 3 heteroatoms. The molecule has 0 spiro atoms. The number of nitrogens with zero attached hydrogens (tertiary/aromatic N) is 2. The number of hydrogen-bond donors (Lipinski definition) is 1. The number of nitrogens with one attached hydrogen (secondary N) is 1. The van der Waals surface area contributed by atoms with E-state index in [1.54, 1.807) is 12.4 Å². The average Bonchev–Trinajstić information content (AvgIpc) is 2.79. The van der Waals surface area contributed by atoms with Crippen LogP contribution in [0, 0.1) is 12.8 Å². The van der Waals surface area contributed by atoms with E-state index in [0.29, 0.717) is 6.04 Å². The first-order valence-electron chi connectivity index (χ1n) is 6.28. The Kier molecular flexibility index (Phi) is 3.88. The second-order valence-electron chi connectivity index (χ2n) is 4.81. The fraction of sp³-hybridized carbons (Fsp3) is 0.692. The second kappa shape index (κ2) is 5.39. The first-order valence-corrected chi connectivity index (χ1v) is 6.28. The molecule has 1 aliphatic rings. The van der Waals surface area contributed by atoms with Crippen molar-refractivity contribution >= 4 is 0 Å². The van der Waals surface area contributed by atoms with E-state index < -0.39 is 0 Å². The van der Waals surface area contributed by atoms with Crippen molar-refractivity contribution in [1.82, 2.24) is 15.3 Å². The van der Waals surface area contributed by atoms with E-state index in [1.165, 1.54) is 25.7 Å². The van der Waals surface area contributed by atoms with Gasteiger partial charge in [-0.2, -0.15) is 0 Å². The molecule has 1 aromatic rings. The van der Waals surface area contributed by atoms with Crippen LogP contribution in [0.4, 0.5) is 0 Å². The Morgan fingerprint density at radius 3 is 2.69 bits per heavy atom. The Labute approximate surface area is 97.7 Å². The van der Waals surface area contributed by atoms with Crippen molar-refractivity contribution in [3.63, 3.8) is 0 Å². The molecule has 1 aromatic heterocycles. The van der Waals surface area contributed by atoms with Gasteiger partial charge in [0.25, 0.3) is 0 Å². The van der Waals surface area contributed by atoms with Gasteiger partial charge < -0.3 is 5.32 Å². The van der Waals surface area contributed by atoms with Gasteiger partial charge in [-0.25, -0.2) is 0 Å². The summed E-state index contributed by atoms with van der Waals surface area (Å²) in [5.74, 6) is 0.874. The number of rotatable bonds is 4. The SMILES string of the molecule is Cc1nccnc1C(C)NCC1CCCC1. The minimum absolute atomic E-state index is 0.314. The Morgan fingerprint density at radius 1 is 1.31 bits per heavy atom. The highest BCUT2D eigenvalue weighted by atomic mass is 14.9. The minimum Gasteiger partial charge on any atom is -0.309 e. The monoisotopic (exact) mass is 219 g/mol. The van der Waals surface area contributed by atoms with Gasteiger partial charge in [0.2, 0.25) is 0 Å². The van der Waals surface area contributed by atoms with Gasteiger partial charge in [-0.3, -0.25) is 9.97 Å². The maximum Gasteiger partial charge on any atom is 0.0782 e. The Bertz CT molecular complexity index is 332. The Morgan fingerprint density at radius 2 is 2.00 bits per heavy atom. The molecule has 0 radical (unpaired) electrons. The Balaban J connectivity index is 1.87. The summed E-state index contributed by atoms with van der Waals surface area (Å²) in [6.45, 7) is 5.32. The molecule has 88 valence electrons. The normalized spacial score (nSPS) is 18.9. The van der Waals surface area contributed by atoms with Gasteiger partial charge in [-0.15, -0.1) is 0 Å². The van der Waals surface area contributed by atoms with Crippen LogP contribution in [0.25, 0.3) is 0 Å². The molecule has 1 heterocycles. The molecule has 0 amide bonds. The highest BCUT2D eigenvalue weighted by Crippen LogP contribution is 2.24. The average molecular weight is 219 g/mol. The molecule has 1 unspecified atom stereocenters. The fourth-order valence-electron chi connectivity index (χ4n) is 2.50. The number of aromatic nitrogens is 2. The van der Waals surface area contributed by atoms with Crippen LogP contribution in [0.1, 0.15) is 50.0 Å². The highest BCUT2D eigenvalue weighted by molar-refractivity contribution is 5.12. The van der Waals surface area contributed by atoms with Gasteiger partial charge in [-0.1, -0.05) is 12.8 Å². The molecule has 0 aliphatic heterocycles. The summed E-state index contributed by atoms with van der Waals surface area (Å²) in [5.41, 5.74) is 2.12. The van der Waals surface area contributed by atoms with E-state index in [9.17, 15) is 0 Å². The molecule has 1 aliphatic carbocycles. The maximum atomic E-state index is 4.40. The van der Waals surface area contributed by atoms with Gasteiger partial charge in [0.1, 0.15) is 0 Å². The standard InChI is InChI=1S/C13H21N3/c1-10-13(15-8-7-14-10)11(2)16-9-12-5-3-4-6-12/h7-8,11-12,16H,3-6,9H2,1-2H3. The molecule has 3 nitrogen and oxygen atoms in total. The largest absolute Gasteiger partial charge is 0.309 e. The lowest BCUT2D eigenvalue weighted by Gasteiger charge is -2.17. The molecule has 2 rings (SSSR count). The summed E-state index contributed by atoms with van der Waals surface area (Å²) in [7, 11) is 0. The van der Waals surface area contributed by atoms with Crippen molar-refractivity contribution in [2.45, 2.75) is 45.6 Å². The molecule has 0 saturated heterocycles. The Hall–Kier alpha value is -0.960. The molecule has 0 aromatic carbocycles. The van der Waals surface area contributed by atoms with E-state index in [1.807, 2.05) is 6.92 Å². The molecule has 0 bridgehead atoms. The van der Waals surface area contributed by atoms with Crippen molar-refractivity contribution in [2.75, 3.05) is 6.54 Å². The van der Waals surface area contributed by atoms with Crippen LogP contribution in [-0.2, 0) is 0 Å². The van der Waals surface area contributed by atoms with Crippen LogP contribution in [-0.4, -0.2) is 16.5 Å². The van der Waals surface area contributed by atoms with Crippen molar-refractivity contribution in [1.29, 1.82) is 0 Å². The maximum absolute atomic E-state index is 4.40. The summed E-state index contributed by atoms with van der Waals surface area (Å²) in [4.78, 5) is 8.68. The molecule has 16 heavy (non-hydrogen) atoms. The summed E-state index contributed by atoms with van der Waals surface area (Å²) in [5, 5.41) is 3.58. The van der Waals surface area contributed by atoms with Crippen LogP contribution < -0.4 is 5.32 Å². The van der Waals surface area contributed by atoms with E-state index in [-0.39, 0.29) is 0 Å². The quantitative estimate of drug-likeness (QED) is 0.846. The van der Waals surface area contributed by atoms with Crippen LogP contribution in [0.2, 0.25) is 0 Å². The van der Waals surface area contributed by atoms with Crippen LogP contribution in [0.5, 0.6) is 0 Å². The van der Waals surface area contributed by atoms with Crippen molar-refractivity contribution < 1.29 is 0 Å².